The molecule has 1 aromatic carbocycles. The number of nitrogen functional groups attached to an aromatic ring is 1. The minimum absolute atomic E-state index is 0.566. The first kappa shape index (κ1) is 12.2. The maximum Gasteiger partial charge on any atom is 0.162 e. The Labute approximate surface area is 115 Å². The van der Waals surface area contributed by atoms with E-state index in [0.717, 1.165) is 17.5 Å². The van der Waals surface area contributed by atoms with Crippen molar-refractivity contribution < 1.29 is 9.47 Å². The summed E-state index contributed by atoms with van der Waals surface area (Å²) in [4.78, 5) is 0. The molecule has 2 heterocycles. The third kappa shape index (κ3) is 2.10. The zero-order valence-electron chi connectivity index (χ0n) is 10.5. The summed E-state index contributed by atoms with van der Waals surface area (Å²) >= 11 is 6.30. The predicted molar refractivity (Wildman–Crippen MR) is 73.7 cm³/mol. The van der Waals surface area contributed by atoms with Crippen molar-refractivity contribution in [2.75, 3.05) is 18.9 Å². The van der Waals surface area contributed by atoms with Crippen molar-refractivity contribution in [2.45, 2.75) is 6.42 Å². The molecule has 6 heteroatoms. The van der Waals surface area contributed by atoms with Crippen molar-refractivity contribution in [3.8, 4) is 22.6 Å². The highest BCUT2D eigenvalue weighted by Crippen LogP contribution is 2.40. The molecule has 1 aliphatic rings. The van der Waals surface area contributed by atoms with E-state index in [1.807, 2.05) is 6.07 Å². The lowest BCUT2D eigenvalue weighted by Gasteiger charge is -2.11. The molecule has 100 valence electrons. The second-order valence-corrected chi connectivity index (χ2v) is 4.80. The number of hydrogen-bond donors (Lipinski definition) is 1. The second-order valence-electron chi connectivity index (χ2n) is 4.40. The van der Waals surface area contributed by atoms with Gasteiger partial charge < -0.3 is 15.2 Å². The Hall–Kier alpha value is -1.88. The fraction of sp³-hybridized carbons (Fsp3) is 0.308. The molecule has 3 rings (SSSR count). The Bertz CT molecular complexity index is 625. The SMILES string of the molecule is Cn1ncc(-c2cc3c(cc2Cl)OCCCO3)c1N. The summed E-state index contributed by atoms with van der Waals surface area (Å²) < 4.78 is 12.9. The molecule has 0 saturated carbocycles. The van der Waals surface area contributed by atoms with Gasteiger partial charge in [0, 0.05) is 30.7 Å². The molecule has 1 aliphatic heterocycles. The van der Waals surface area contributed by atoms with Crippen molar-refractivity contribution in [2.24, 2.45) is 7.05 Å². The number of aromatic nitrogens is 2. The van der Waals surface area contributed by atoms with Crippen LogP contribution in [0.5, 0.6) is 11.5 Å². The molecule has 0 atom stereocenters. The number of nitrogens with two attached hydrogens (primary N) is 1. The maximum absolute atomic E-state index is 6.30. The third-order valence-corrected chi connectivity index (χ3v) is 3.42. The Kier molecular flexibility index (Phi) is 2.98. The van der Waals surface area contributed by atoms with Crippen LogP contribution in [0.3, 0.4) is 0 Å². The van der Waals surface area contributed by atoms with E-state index in [1.165, 1.54) is 0 Å². The van der Waals surface area contributed by atoms with Crippen LogP contribution in [-0.2, 0) is 7.05 Å². The van der Waals surface area contributed by atoms with Gasteiger partial charge in [-0.3, -0.25) is 4.68 Å². The zero-order valence-corrected chi connectivity index (χ0v) is 11.3. The van der Waals surface area contributed by atoms with Gasteiger partial charge in [0.05, 0.1) is 24.4 Å². The molecule has 2 aromatic rings. The summed E-state index contributed by atoms with van der Waals surface area (Å²) in [5, 5.41) is 4.70. The molecular weight excluding hydrogens is 266 g/mol. The molecule has 0 unspecified atom stereocenters. The normalized spacial score (nSPS) is 14.2. The molecule has 0 saturated heterocycles. The van der Waals surface area contributed by atoms with E-state index in [0.29, 0.717) is 35.6 Å². The average molecular weight is 280 g/mol. The molecular formula is C13H14ClN3O2. The topological polar surface area (TPSA) is 62.3 Å². The fourth-order valence-electron chi connectivity index (χ4n) is 2.04. The van der Waals surface area contributed by atoms with Gasteiger partial charge >= 0.3 is 0 Å². The largest absolute Gasteiger partial charge is 0.490 e. The number of benzene rings is 1. The molecule has 19 heavy (non-hydrogen) atoms. The van der Waals surface area contributed by atoms with Crippen LogP contribution in [0.15, 0.2) is 18.3 Å². The monoisotopic (exact) mass is 279 g/mol. The molecule has 0 spiro atoms. The van der Waals surface area contributed by atoms with Crippen molar-refractivity contribution in [1.29, 1.82) is 0 Å². The van der Waals surface area contributed by atoms with E-state index in [-0.39, 0.29) is 0 Å². The molecule has 0 amide bonds. The maximum atomic E-state index is 6.30. The number of anilines is 1. The van der Waals surface area contributed by atoms with E-state index in [4.69, 9.17) is 26.8 Å². The lowest BCUT2D eigenvalue weighted by molar-refractivity contribution is 0.297. The number of fused-ring (bicyclic) bond motifs is 1. The van der Waals surface area contributed by atoms with E-state index >= 15 is 0 Å². The summed E-state index contributed by atoms with van der Waals surface area (Å²) in [5.41, 5.74) is 7.58. The Morgan fingerprint density at radius 2 is 1.89 bits per heavy atom. The summed E-state index contributed by atoms with van der Waals surface area (Å²) in [6.07, 6.45) is 2.55. The van der Waals surface area contributed by atoms with E-state index in [1.54, 1.807) is 24.0 Å². The highest BCUT2D eigenvalue weighted by molar-refractivity contribution is 6.33. The van der Waals surface area contributed by atoms with Gasteiger partial charge in [0.25, 0.3) is 0 Å². The van der Waals surface area contributed by atoms with Gasteiger partial charge in [-0.1, -0.05) is 11.6 Å². The smallest absolute Gasteiger partial charge is 0.162 e. The molecule has 2 N–H and O–H groups in total. The van der Waals surface area contributed by atoms with Crippen LogP contribution >= 0.6 is 11.6 Å². The Morgan fingerprint density at radius 1 is 1.21 bits per heavy atom. The predicted octanol–water partition coefficient (Wildman–Crippen LogP) is 2.48. The minimum atomic E-state index is 0.566. The van der Waals surface area contributed by atoms with Gasteiger partial charge in [0.1, 0.15) is 5.82 Å². The summed E-state index contributed by atoms with van der Waals surface area (Å²) in [7, 11) is 1.79. The van der Waals surface area contributed by atoms with Gasteiger partial charge in [0.2, 0.25) is 0 Å². The van der Waals surface area contributed by atoms with Gasteiger partial charge in [0.15, 0.2) is 11.5 Å². The fourth-order valence-corrected chi connectivity index (χ4v) is 2.30. The van der Waals surface area contributed by atoms with Crippen LogP contribution in [-0.4, -0.2) is 23.0 Å². The standard InChI is InChI=1S/C13H14ClN3O2/c1-17-13(15)9(7-16-17)8-5-11-12(6-10(8)14)19-4-2-3-18-11/h5-7H,2-4,15H2,1H3. The minimum Gasteiger partial charge on any atom is -0.490 e. The molecule has 5 nitrogen and oxygen atoms in total. The number of aryl methyl sites for hydroxylation is 1. The third-order valence-electron chi connectivity index (χ3n) is 3.11. The van der Waals surface area contributed by atoms with Crippen LogP contribution in [0.4, 0.5) is 5.82 Å². The molecule has 0 bridgehead atoms. The van der Waals surface area contributed by atoms with Crippen LogP contribution in [0.1, 0.15) is 6.42 Å². The van der Waals surface area contributed by atoms with Crippen molar-refractivity contribution in [1.82, 2.24) is 9.78 Å². The van der Waals surface area contributed by atoms with Gasteiger partial charge in [-0.05, 0) is 6.07 Å². The average Bonchev–Trinajstić information content (AvgIpc) is 2.62. The van der Waals surface area contributed by atoms with Crippen LogP contribution in [0.25, 0.3) is 11.1 Å². The van der Waals surface area contributed by atoms with E-state index in [2.05, 4.69) is 5.10 Å². The van der Waals surface area contributed by atoms with Gasteiger partial charge in [-0.25, -0.2) is 0 Å². The Balaban J connectivity index is 2.12. The van der Waals surface area contributed by atoms with Crippen LogP contribution in [0.2, 0.25) is 5.02 Å². The molecule has 0 fully saturated rings. The van der Waals surface area contributed by atoms with Crippen molar-refractivity contribution >= 4 is 17.4 Å². The summed E-state index contributed by atoms with van der Waals surface area (Å²) in [6.45, 7) is 1.27. The molecule has 0 radical (unpaired) electrons. The Morgan fingerprint density at radius 3 is 2.53 bits per heavy atom. The van der Waals surface area contributed by atoms with Crippen LogP contribution < -0.4 is 15.2 Å². The number of nitrogens with zero attached hydrogens (tertiary/aromatic N) is 2. The number of ether oxygens (including phenoxy) is 2. The first-order valence-corrected chi connectivity index (χ1v) is 6.41. The van der Waals surface area contributed by atoms with Crippen molar-refractivity contribution in [3.05, 3.63) is 23.4 Å². The second kappa shape index (κ2) is 4.66. The van der Waals surface area contributed by atoms with Gasteiger partial charge in [-0.15, -0.1) is 0 Å². The number of rotatable bonds is 1. The van der Waals surface area contributed by atoms with Gasteiger partial charge in [-0.2, -0.15) is 5.10 Å². The van der Waals surface area contributed by atoms with E-state index < -0.39 is 0 Å². The molecule has 1 aromatic heterocycles. The highest BCUT2D eigenvalue weighted by atomic mass is 35.5. The first-order chi connectivity index (χ1) is 9.16. The highest BCUT2D eigenvalue weighted by Gasteiger charge is 2.17. The zero-order chi connectivity index (χ0) is 13.4. The summed E-state index contributed by atoms with van der Waals surface area (Å²) in [6, 6.07) is 3.63. The lowest BCUT2D eigenvalue weighted by Crippen LogP contribution is -1.98. The van der Waals surface area contributed by atoms with E-state index in [9.17, 15) is 0 Å². The number of halogens is 1. The van der Waals surface area contributed by atoms with Crippen molar-refractivity contribution in [3.63, 3.8) is 0 Å². The first-order valence-electron chi connectivity index (χ1n) is 6.04. The quantitative estimate of drug-likeness (QED) is 0.871. The van der Waals surface area contributed by atoms with Crippen LogP contribution in [0, 0.1) is 0 Å². The number of hydrogen-bond acceptors (Lipinski definition) is 4. The molecule has 0 aliphatic carbocycles. The summed E-state index contributed by atoms with van der Waals surface area (Å²) in [5.74, 6) is 1.94. The lowest BCUT2D eigenvalue weighted by atomic mass is 10.1.